The van der Waals surface area contributed by atoms with Crippen LogP contribution in [-0.2, 0) is 29.7 Å². The van der Waals surface area contributed by atoms with Crippen molar-refractivity contribution in [1.82, 2.24) is 24.6 Å². The molecule has 1 fully saturated rings. The van der Waals surface area contributed by atoms with Gasteiger partial charge in [-0.05, 0) is 32.9 Å². The summed E-state index contributed by atoms with van der Waals surface area (Å²) in [6.45, 7) is 4.45. The smallest absolute Gasteiger partial charge is 0.364 e. The number of likely N-dealkylation sites (tertiary alicyclic amines) is 1. The molecular formula is C22H27FN7O6PS. The highest BCUT2D eigenvalue weighted by molar-refractivity contribution is 7.69. The van der Waals surface area contributed by atoms with Crippen LogP contribution >= 0.6 is 18.9 Å². The average Bonchev–Trinajstić information content (AvgIpc) is 3.54. The molecule has 38 heavy (non-hydrogen) atoms. The van der Waals surface area contributed by atoms with Crippen LogP contribution < -0.4 is 15.8 Å². The predicted molar refractivity (Wildman–Crippen MR) is 137 cm³/mol. The zero-order chi connectivity index (χ0) is 27.6. The van der Waals surface area contributed by atoms with Crippen LogP contribution in [0.25, 0.3) is 10.3 Å². The van der Waals surface area contributed by atoms with Crippen molar-refractivity contribution >= 4 is 57.6 Å². The SMILES string of the molecule is CCOP(=O)(OCC)c1nc2c(s1)c(C(N)=O)nn2CC(=O)N1C[C@H](F)C[C@H]1C(=O)Nc1cccc(C)n1. The first-order valence-electron chi connectivity index (χ1n) is 11.8. The van der Waals surface area contributed by atoms with Gasteiger partial charge >= 0.3 is 7.60 Å². The van der Waals surface area contributed by atoms with Crippen LogP contribution in [0.4, 0.5) is 10.2 Å². The molecule has 0 spiro atoms. The van der Waals surface area contributed by atoms with E-state index in [0.29, 0.717) is 5.69 Å². The highest BCUT2D eigenvalue weighted by Crippen LogP contribution is 2.48. The number of carbonyl (C=O) groups excluding carboxylic acids is 3. The zero-order valence-electron chi connectivity index (χ0n) is 20.9. The van der Waals surface area contributed by atoms with Gasteiger partial charge in [-0.25, -0.2) is 19.0 Å². The Balaban J connectivity index is 1.61. The molecule has 1 aliphatic rings. The molecule has 0 bridgehead atoms. The van der Waals surface area contributed by atoms with Crippen LogP contribution in [0.5, 0.6) is 0 Å². The Bertz CT molecular complexity index is 1420. The number of amides is 3. The maximum Gasteiger partial charge on any atom is 0.389 e. The van der Waals surface area contributed by atoms with Crippen molar-refractivity contribution < 1.29 is 32.4 Å². The molecule has 3 aromatic rings. The Morgan fingerprint density at radius 2 is 1.95 bits per heavy atom. The van der Waals surface area contributed by atoms with Gasteiger partial charge < -0.3 is 25.0 Å². The molecule has 1 aliphatic heterocycles. The maximum absolute atomic E-state index is 14.4. The van der Waals surface area contributed by atoms with E-state index in [1.807, 2.05) is 0 Å². The number of rotatable bonds is 10. The van der Waals surface area contributed by atoms with E-state index in [1.165, 1.54) is 0 Å². The third kappa shape index (κ3) is 5.60. The summed E-state index contributed by atoms with van der Waals surface area (Å²) in [5, 5.41) is 6.73. The molecular weight excluding hydrogens is 540 g/mol. The van der Waals surface area contributed by atoms with Crippen molar-refractivity contribution in [3.63, 3.8) is 0 Å². The summed E-state index contributed by atoms with van der Waals surface area (Å²) in [5.74, 6) is -1.81. The third-order valence-corrected chi connectivity index (χ3v) is 9.21. The number of carbonyl (C=O) groups is 3. The van der Waals surface area contributed by atoms with Gasteiger partial charge in [0, 0.05) is 12.1 Å². The van der Waals surface area contributed by atoms with Gasteiger partial charge in [0.2, 0.25) is 16.6 Å². The molecule has 16 heteroatoms. The van der Waals surface area contributed by atoms with Gasteiger partial charge in [-0.15, -0.1) is 11.3 Å². The number of alkyl halides is 1. The Morgan fingerprint density at radius 1 is 1.24 bits per heavy atom. The summed E-state index contributed by atoms with van der Waals surface area (Å²) >= 11 is 0.863. The normalized spacial score (nSPS) is 17.7. The zero-order valence-corrected chi connectivity index (χ0v) is 22.6. The lowest BCUT2D eigenvalue weighted by Gasteiger charge is -2.23. The van der Waals surface area contributed by atoms with E-state index in [-0.39, 0.29) is 52.8 Å². The molecule has 4 rings (SSSR count). The molecule has 0 saturated carbocycles. The Kier molecular flexibility index (Phi) is 8.21. The van der Waals surface area contributed by atoms with Crippen molar-refractivity contribution in [2.45, 2.75) is 46.0 Å². The first-order valence-corrected chi connectivity index (χ1v) is 14.2. The van der Waals surface area contributed by atoms with Crippen molar-refractivity contribution in [3.05, 3.63) is 29.6 Å². The Labute approximate surface area is 221 Å². The van der Waals surface area contributed by atoms with Crippen LogP contribution in [0, 0.1) is 6.92 Å². The predicted octanol–water partition coefficient (Wildman–Crippen LogP) is 1.76. The first-order chi connectivity index (χ1) is 18.1. The fraction of sp³-hybridized carbons (Fsp3) is 0.455. The number of aromatic nitrogens is 4. The maximum atomic E-state index is 14.4. The monoisotopic (exact) mass is 567 g/mol. The van der Waals surface area contributed by atoms with Gasteiger partial charge in [-0.1, -0.05) is 6.07 Å². The number of hydrogen-bond acceptors (Lipinski definition) is 10. The highest BCUT2D eigenvalue weighted by atomic mass is 32.1. The quantitative estimate of drug-likeness (QED) is 0.346. The number of thiazole rings is 1. The number of primary amides is 1. The second kappa shape index (κ2) is 11.2. The van der Waals surface area contributed by atoms with Crippen molar-refractivity contribution in [3.8, 4) is 0 Å². The molecule has 0 aromatic carbocycles. The molecule has 2 atom stereocenters. The third-order valence-electron chi connectivity index (χ3n) is 5.64. The van der Waals surface area contributed by atoms with Gasteiger partial charge in [-0.2, -0.15) is 5.10 Å². The number of anilines is 1. The van der Waals surface area contributed by atoms with Crippen molar-refractivity contribution in [2.75, 3.05) is 25.1 Å². The molecule has 4 heterocycles. The second-order valence-corrected chi connectivity index (χ2v) is 11.6. The molecule has 0 unspecified atom stereocenters. The summed E-state index contributed by atoms with van der Waals surface area (Å²) in [7, 11) is -3.79. The standard InChI is InChI=1S/C22H27FN7O6PS/c1-4-35-37(34,36-5-2)22-27-20-18(38-22)17(19(24)32)28-30(20)11-16(31)29-10-13(23)9-14(29)21(33)26-15-8-6-7-12(3)25-15/h6-8,13-14H,4-5,9-11H2,1-3H3,(H2,24,32)(H,25,26,33)/t13-,14+/m1/s1. The van der Waals surface area contributed by atoms with E-state index in [2.05, 4.69) is 20.4 Å². The lowest BCUT2D eigenvalue weighted by Crippen LogP contribution is -2.44. The lowest BCUT2D eigenvalue weighted by molar-refractivity contribution is -0.137. The van der Waals surface area contributed by atoms with Gasteiger partial charge in [0.05, 0.1) is 19.8 Å². The number of pyridine rings is 1. The van der Waals surface area contributed by atoms with Crippen molar-refractivity contribution in [2.24, 2.45) is 5.73 Å². The summed E-state index contributed by atoms with van der Waals surface area (Å²) in [6.07, 6.45) is -1.59. The van der Waals surface area contributed by atoms with Gasteiger partial charge in [0.1, 0.15) is 29.3 Å². The molecule has 3 amide bonds. The van der Waals surface area contributed by atoms with Crippen LogP contribution in [0.3, 0.4) is 0 Å². The van der Waals surface area contributed by atoms with E-state index < -0.39 is 44.1 Å². The van der Waals surface area contributed by atoms with E-state index >= 15 is 0 Å². The molecule has 1 saturated heterocycles. The minimum Gasteiger partial charge on any atom is -0.364 e. The molecule has 13 nitrogen and oxygen atoms in total. The summed E-state index contributed by atoms with van der Waals surface area (Å²) in [5.41, 5.74) is 6.04. The number of nitrogens with one attached hydrogen (secondary N) is 1. The molecule has 0 radical (unpaired) electrons. The molecule has 204 valence electrons. The number of fused-ring (bicyclic) bond motifs is 1. The van der Waals surface area contributed by atoms with E-state index in [0.717, 1.165) is 20.9 Å². The summed E-state index contributed by atoms with van der Waals surface area (Å²) in [6, 6.07) is 3.98. The average molecular weight is 568 g/mol. The van der Waals surface area contributed by atoms with Crippen LogP contribution in [0.15, 0.2) is 18.2 Å². The summed E-state index contributed by atoms with van der Waals surface area (Å²) < 4.78 is 39.6. The minimum absolute atomic E-state index is 0.0230. The van der Waals surface area contributed by atoms with Gasteiger partial charge in [0.25, 0.3) is 5.91 Å². The van der Waals surface area contributed by atoms with E-state index in [4.69, 9.17) is 14.8 Å². The Hall–Kier alpha value is -3.26. The first kappa shape index (κ1) is 27.8. The molecule has 0 aliphatic carbocycles. The van der Waals surface area contributed by atoms with Gasteiger partial charge in [0.15, 0.2) is 11.3 Å². The number of nitrogens with zero attached hydrogens (tertiary/aromatic N) is 5. The lowest BCUT2D eigenvalue weighted by atomic mass is 10.2. The fourth-order valence-corrected chi connectivity index (χ4v) is 7.09. The fourth-order valence-electron chi connectivity index (χ4n) is 4.07. The number of halogens is 1. The minimum atomic E-state index is -3.79. The highest BCUT2D eigenvalue weighted by Gasteiger charge is 2.40. The number of nitrogens with two attached hydrogens (primary N) is 1. The number of hydrogen-bond donors (Lipinski definition) is 2. The Morgan fingerprint density at radius 3 is 2.58 bits per heavy atom. The largest absolute Gasteiger partial charge is 0.389 e. The van der Waals surface area contributed by atoms with Crippen LogP contribution in [0.1, 0.15) is 36.5 Å². The second-order valence-electron chi connectivity index (χ2n) is 8.40. The molecule has 3 N–H and O–H groups in total. The topological polar surface area (TPSA) is 172 Å². The van der Waals surface area contributed by atoms with E-state index in [1.54, 1.807) is 39.0 Å². The summed E-state index contributed by atoms with van der Waals surface area (Å²) in [4.78, 5) is 47.9. The van der Waals surface area contributed by atoms with E-state index in [9.17, 15) is 23.3 Å². The van der Waals surface area contributed by atoms with Crippen molar-refractivity contribution in [1.29, 1.82) is 0 Å². The van der Waals surface area contributed by atoms with Gasteiger partial charge in [-0.3, -0.25) is 18.9 Å². The van der Waals surface area contributed by atoms with Crippen LogP contribution in [-0.4, -0.2) is 74.3 Å². The number of aryl methyl sites for hydroxylation is 1. The van der Waals surface area contributed by atoms with Crippen LogP contribution in [0.2, 0.25) is 0 Å². The molecule has 3 aromatic heterocycles.